The van der Waals surface area contributed by atoms with Crippen LogP contribution in [0.15, 0.2) is 11.1 Å². The number of carbonyl (C=O) groups is 1. The second-order valence-electron chi connectivity index (χ2n) is 3.93. The van der Waals surface area contributed by atoms with Crippen LogP contribution in [0.3, 0.4) is 0 Å². The van der Waals surface area contributed by atoms with Crippen molar-refractivity contribution in [2.24, 2.45) is 13.0 Å². The van der Waals surface area contributed by atoms with E-state index in [1.165, 1.54) is 23.7 Å². The Labute approximate surface area is 86.9 Å². The minimum absolute atomic E-state index is 0.00634. The molecule has 1 aliphatic carbocycles. The Kier molecular flexibility index (Phi) is 2.57. The largest absolute Gasteiger partial charge is 0.354 e. The fourth-order valence-electron chi connectivity index (χ4n) is 1.30. The number of hydrogen-bond acceptors (Lipinski definition) is 3. The lowest BCUT2D eigenvalue weighted by atomic mass is 10.4. The quantitative estimate of drug-likeness (QED) is 0.700. The first-order valence-electron chi connectivity index (χ1n) is 5.02. The molecule has 0 saturated heterocycles. The second-order valence-corrected chi connectivity index (χ2v) is 3.93. The van der Waals surface area contributed by atoms with Crippen LogP contribution in [0.1, 0.15) is 12.8 Å². The molecule has 1 amide bonds. The first-order chi connectivity index (χ1) is 7.16. The van der Waals surface area contributed by atoms with E-state index in [9.17, 15) is 9.59 Å². The van der Waals surface area contributed by atoms with E-state index in [2.05, 4.69) is 10.4 Å². The minimum atomic E-state index is -0.267. The van der Waals surface area contributed by atoms with Gasteiger partial charge in [0.05, 0.1) is 0 Å². The van der Waals surface area contributed by atoms with Gasteiger partial charge in [-0.1, -0.05) is 0 Å². The highest BCUT2D eigenvalue weighted by molar-refractivity contribution is 5.75. The van der Waals surface area contributed by atoms with Gasteiger partial charge >= 0.3 is 5.69 Å². The van der Waals surface area contributed by atoms with E-state index in [1.54, 1.807) is 7.05 Å². The molecule has 2 rings (SSSR count). The average Bonchev–Trinajstić information content (AvgIpc) is 2.98. The van der Waals surface area contributed by atoms with Crippen LogP contribution in [0.25, 0.3) is 0 Å². The molecule has 0 radical (unpaired) electrons. The van der Waals surface area contributed by atoms with Crippen molar-refractivity contribution in [2.75, 3.05) is 6.54 Å². The molecule has 1 saturated carbocycles. The van der Waals surface area contributed by atoms with Crippen molar-refractivity contribution in [1.82, 2.24) is 19.7 Å². The van der Waals surface area contributed by atoms with Gasteiger partial charge in [-0.05, 0) is 18.8 Å². The summed E-state index contributed by atoms with van der Waals surface area (Å²) >= 11 is 0. The molecule has 0 bridgehead atoms. The zero-order chi connectivity index (χ0) is 10.8. The smallest absolute Gasteiger partial charge is 0.345 e. The van der Waals surface area contributed by atoms with Crippen LogP contribution in [0.4, 0.5) is 0 Å². The zero-order valence-corrected chi connectivity index (χ0v) is 8.64. The Morgan fingerprint density at radius 3 is 2.93 bits per heavy atom. The molecule has 6 nitrogen and oxygen atoms in total. The van der Waals surface area contributed by atoms with Crippen LogP contribution in [0.5, 0.6) is 0 Å². The van der Waals surface area contributed by atoms with Crippen molar-refractivity contribution < 1.29 is 4.79 Å². The van der Waals surface area contributed by atoms with Crippen LogP contribution < -0.4 is 11.0 Å². The Morgan fingerprint density at radius 1 is 1.67 bits per heavy atom. The highest BCUT2D eigenvalue weighted by Gasteiger charge is 2.21. The molecule has 0 atom stereocenters. The van der Waals surface area contributed by atoms with Gasteiger partial charge in [0.25, 0.3) is 0 Å². The highest BCUT2D eigenvalue weighted by Crippen LogP contribution is 2.27. The minimum Gasteiger partial charge on any atom is -0.354 e. The third-order valence-electron chi connectivity index (χ3n) is 2.46. The van der Waals surface area contributed by atoms with Crippen LogP contribution >= 0.6 is 0 Å². The van der Waals surface area contributed by atoms with Crippen molar-refractivity contribution >= 4 is 5.91 Å². The van der Waals surface area contributed by atoms with Crippen molar-refractivity contribution in [2.45, 2.75) is 19.4 Å². The van der Waals surface area contributed by atoms with E-state index in [1.807, 2.05) is 0 Å². The topological polar surface area (TPSA) is 68.9 Å². The molecular formula is C9H14N4O2. The molecular weight excluding hydrogens is 196 g/mol. The lowest BCUT2D eigenvalue weighted by molar-refractivity contribution is -0.121. The average molecular weight is 210 g/mol. The molecule has 1 N–H and O–H groups in total. The van der Waals surface area contributed by atoms with Gasteiger partial charge in [0.15, 0.2) is 0 Å². The van der Waals surface area contributed by atoms with Crippen molar-refractivity contribution in [1.29, 1.82) is 0 Å². The second kappa shape index (κ2) is 3.88. The first-order valence-corrected chi connectivity index (χ1v) is 5.02. The van der Waals surface area contributed by atoms with E-state index in [-0.39, 0.29) is 18.1 Å². The molecule has 0 aliphatic heterocycles. The molecule has 1 aliphatic rings. The Hall–Kier alpha value is -1.59. The normalized spacial score (nSPS) is 15.3. The fourth-order valence-corrected chi connectivity index (χ4v) is 1.30. The summed E-state index contributed by atoms with van der Waals surface area (Å²) in [6.07, 6.45) is 3.80. The summed E-state index contributed by atoms with van der Waals surface area (Å²) < 4.78 is 2.50. The van der Waals surface area contributed by atoms with Gasteiger partial charge in [0.2, 0.25) is 5.91 Å². The highest BCUT2D eigenvalue weighted by atomic mass is 16.2. The predicted molar refractivity (Wildman–Crippen MR) is 53.2 cm³/mol. The maximum absolute atomic E-state index is 11.4. The molecule has 0 unspecified atom stereocenters. The molecule has 82 valence electrons. The molecule has 15 heavy (non-hydrogen) atoms. The Morgan fingerprint density at radius 2 is 2.40 bits per heavy atom. The summed E-state index contributed by atoms with van der Waals surface area (Å²) in [5.41, 5.74) is -0.267. The third-order valence-corrected chi connectivity index (χ3v) is 2.46. The molecule has 1 heterocycles. The Balaban J connectivity index is 1.87. The summed E-state index contributed by atoms with van der Waals surface area (Å²) in [7, 11) is 1.61. The summed E-state index contributed by atoms with van der Waals surface area (Å²) in [6, 6.07) is 0. The van der Waals surface area contributed by atoms with Gasteiger partial charge in [-0.25, -0.2) is 9.48 Å². The number of rotatable bonds is 4. The monoisotopic (exact) mass is 210 g/mol. The molecule has 0 spiro atoms. The molecule has 0 aromatic carbocycles. The number of carbonyl (C=O) groups excluding carboxylic acids is 1. The van der Waals surface area contributed by atoms with Gasteiger partial charge in [-0.2, -0.15) is 5.10 Å². The standard InChI is InChI=1S/C9H14N4O2/c1-12-6-11-13(9(12)15)5-8(14)10-4-7-2-3-7/h6-7H,2-5H2,1H3,(H,10,14). The molecule has 6 heteroatoms. The van der Waals surface area contributed by atoms with E-state index < -0.39 is 0 Å². The summed E-state index contributed by atoms with van der Waals surface area (Å²) in [5, 5.41) is 6.59. The van der Waals surface area contributed by atoms with Crippen molar-refractivity contribution in [3.63, 3.8) is 0 Å². The van der Waals surface area contributed by atoms with E-state index in [4.69, 9.17) is 0 Å². The molecule has 1 aromatic rings. The third kappa shape index (κ3) is 2.45. The Bertz CT molecular complexity index is 416. The SMILES string of the molecule is Cn1cnn(CC(=O)NCC2CC2)c1=O. The predicted octanol–water partition coefficient (Wildman–Crippen LogP) is -0.892. The number of nitrogens with zero attached hydrogens (tertiary/aromatic N) is 3. The number of nitrogens with one attached hydrogen (secondary N) is 1. The van der Waals surface area contributed by atoms with E-state index in [0.717, 1.165) is 11.2 Å². The van der Waals surface area contributed by atoms with E-state index >= 15 is 0 Å². The summed E-state index contributed by atoms with van der Waals surface area (Å²) in [4.78, 5) is 22.7. The van der Waals surface area contributed by atoms with Crippen molar-refractivity contribution in [3.05, 3.63) is 16.8 Å². The molecule has 1 fully saturated rings. The molecule has 1 aromatic heterocycles. The van der Waals surface area contributed by atoms with Gasteiger partial charge in [0, 0.05) is 13.6 Å². The van der Waals surface area contributed by atoms with Gasteiger partial charge in [-0.3, -0.25) is 9.36 Å². The number of aromatic nitrogens is 3. The number of aryl methyl sites for hydroxylation is 1. The van der Waals surface area contributed by atoms with Crippen LogP contribution in [0.2, 0.25) is 0 Å². The maximum atomic E-state index is 11.4. The fraction of sp³-hybridized carbons (Fsp3) is 0.667. The van der Waals surface area contributed by atoms with Gasteiger partial charge < -0.3 is 5.32 Å². The number of amides is 1. The van der Waals surface area contributed by atoms with E-state index in [0.29, 0.717) is 5.92 Å². The van der Waals surface area contributed by atoms with Crippen molar-refractivity contribution in [3.8, 4) is 0 Å². The van der Waals surface area contributed by atoms with Gasteiger partial charge in [-0.15, -0.1) is 0 Å². The first kappa shape index (κ1) is 9.95. The van der Waals surface area contributed by atoms with Crippen LogP contribution in [-0.4, -0.2) is 26.8 Å². The number of hydrogen-bond donors (Lipinski definition) is 1. The zero-order valence-electron chi connectivity index (χ0n) is 8.64. The lowest BCUT2D eigenvalue weighted by Gasteiger charge is -2.02. The maximum Gasteiger partial charge on any atom is 0.345 e. The van der Waals surface area contributed by atoms with Gasteiger partial charge in [0.1, 0.15) is 12.9 Å². The summed E-state index contributed by atoms with van der Waals surface area (Å²) in [5.74, 6) is 0.497. The lowest BCUT2D eigenvalue weighted by Crippen LogP contribution is -2.34. The van der Waals surface area contributed by atoms with Crippen LogP contribution in [0, 0.1) is 5.92 Å². The summed E-state index contributed by atoms with van der Waals surface area (Å²) in [6.45, 7) is 0.729. The van der Waals surface area contributed by atoms with Crippen LogP contribution in [-0.2, 0) is 18.4 Å².